The van der Waals surface area contributed by atoms with E-state index in [0.29, 0.717) is 16.0 Å². The molecule has 1 saturated heterocycles. The first kappa shape index (κ1) is 11.8. The van der Waals surface area contributed by atoms with Crippen molar-refractivity contribution >= 4 is 23.2 Å². The molecule has 3 rings (SSSR count). The van der Waals surface area contributed by atoms with Crippen molar-refractivity contribution in [2.45, 2.75) is 25.0 Å². The topological polar surface area (TPSA) is 23.5 Å². The first-order chi connectivity index (χ1) is 8.07. The highest BCUT2D eigenvalue weighted by molar-refractivity contribution is 6.35. The Labute approximate surface area is 111 Å². The fourth-order valence-electron chi connectivity index (χ4n) is 2.61. The van der Waals surface area contributed by atoms with Gasteiger partial charge in [0.25, 0.3) is 0 Å². The maximum absolute atomic E-state index is 10.2. The molecule has 92 valence electrons. The third-order valence-electron chi connectivity index (χ3n) is 3.74. The molecule has 17 heavy (non-hydrogen) atoms. The number of halogens is 2. The molecule has 1 aromatic rings. The van der Waals surface area contributed by atoms with E-state index in [2.05, 4.69) is 4.90 Å². The fourth-order valence-corrected chi connectivity index (χ4v) is 3.08. The minimum absolute atomic E-state index is 0.418. The lowest BCUT2D eigenvalue weighted by Gasteiger charge is -2.47. The normalized spacial score (nSPS) is 23.5. The van der Waals surface area contributed by atoms with Crippen molar-refractivity contribution in [3.8, 4) is 0 Å². The molecule has 0 amide bonds. The SMILES string of the molecule is OC1(C2CC2)CN(Cc2ccc(Cl)cc2Cl)C1. The zero-order valence-corrected chi connectivity index (χ0v) is 11.0. The highest BCUT2D eigenvalue weighted by Crippen LogP contribution is 2.44. The average Bonchev–Trinajstić information content (AvgIpc) is 3.02. The lowest BCUT2D eigenvalue weighted by molar-refractivity contribution is -0.116. The largest absolute Gasteiger partial charge is 0.387 e. The van der Waals surface area contributed by atoms with Crippen molar-refractivity contribution in [3.05, 3.63) is 33.8 Å². The van der Waals surface area contributed by atoms with Crippen LogP contribution in [-0.2, 0) is 6.54 Å². The lowest BCUT2D eigenvalue weighted by Crippen LogP contribution is -2.62. The highest BCUT2D eigenvalue weighted by Gasteiger charge is 2.51. The van der Waals surface area contributed by atoms with Crippen molar-refractivity contribution in [2.75, 3.05) is 13.1 Å². The van der Waals surface area contributed by atoms with Gasteiger partial charge >= 0.3 is 0 Å². The van der Waals surface area contributed by atoms with Crippen LogP contribution in [0, 0.1) is 5.92 Å². The van der Waals surface area contributed by atoms with Crippen LogP contribution in [0.25, 0.3) is 0 Å². The summed E-state index contributed by atoms with van der Waals surface area (Å²) < 4.78 is 0. The summed E-state index contributed by atoms with van der Waals surface area (Å²) in [6.07, 6.45) is 2.37. The molecule has 1 aromatic carbocycles. The summed E-state index contributed by atoms with van der Waals surface area (Å²) >= 11 is 12.0. The van der Waals surface area contributed by atoms with E-state index in [1.54, 1.807) is 6.07 Å². The van der Waals surface area contributed by atoms with Gasteiger partial charge in [0, 0.05) is 29.7 Å². The highest BCUT2D eigenvalue weighted by atomic mass is 35.5. The van der Waals surface area contributed by atoms with Crippen LogP contribution in [0.1, 0.15) is 18.4 Å². The summed E-state index contributed by atoms with van der Waals surface area (Å²) in [5.74, 6) is 0.541. The van der Waals surface area contributed by atoms with Crippen LogP contribution in [0.15, 0.2) is 18.2 Å². The second kappa shape index (κ2) is 4.13. The molecule has 0 aromatic heterocycles. The first-order valence-corrected chi connectivity index (χ1v) is 6.71. The van der Waals surface area contributed by atoms with Crippen LogP contribution in [0.2, 0.25) is 10.0 Å². The van der Waals surface area contributed by atoms with Crippen LogP contribution in [0.4, 0.5) is 0 Å². The molecule has 1 aliphatic heterocycles. The van der Waals surface area contributed by atoms with E-state index in [-0.39, 0.29) is 0 Å². The van der Waals surface area contributed by atoms with Gasteiger partial charge in [-0.05, 0) is 36.5 Å². The van der Waals surface area contributed by atoms with Gasteiger partial charge in [0.1, 0.15) is 0 Å². The molecule has 2 fully saturated rings. The summed E-state index contributed by atoms with van der Waals surface area (Å²) in [5, 5.41) is 11.6. The van der Waals surface area contributed by atoms with Crippen molar-refractivity contribution in [2.24, 2.45) is 5.92 Å². The Morgan fingerprint density at radius 1 is 1.29 bits per heavy atom. The molecule has 0 bridgehead atoms. The van der Waals surface area contributed by atoms with Gasteiger partial charge in [-0.3, -0.25) is 4.90 Å². The maximum atomic E-state index is 10.2. The van der Waals surface area contributed by atoms with Gasteiger partial charge in [0.15, 0.2) is 0 Å². The van der Waals surface area contributed by atoms with Crippen molar-refractivity contribution in [1.29, 1.82) is 0 Å². The van der Waals surface area contributed by atoms with Gasteiger partial charge < -0.3 is 5.11 Å². The standard InChI is InChI=1S/C13H15Cl2NO/c14-11-4-1-9(12(15)5-11)6-16-7-13(17,8-16)10-2-3-10/h1,4-5,10,17H,2-3,6-8H2. The van der Waals surface area contributed by atoms with E-state index in [4.69, 9.17) is 23.2 Å². The Morgan fingerprint density at radius 2 is 2.00 bits per heavy atom. The van der Waals surface area contributed by atoms with Gasteiger partial charge in [-0.25, -0.2) is 0 Å². The zero-order chi connectivity index (χ0) is 12.0. The molecule has 2 nitrogen and oxygen atoms in total. The minimum atomic E-state index is -0.418. The molecule has 1 saturated carbocycles. The molecular formula is C13H15Cl2NO. The minimum Gasteiger partial charge on any atom is -0.387 e. The Balaban J connectivity index is 1.61. The molecule has 4 heteroatoms. The lowest BCUT2D eigenvalue weighted by atomic mass is 9.88. The van der Waals surface area contributed by atoms with Gasteiger partial charge in [0.05, 0.1) is 5.60 Å². The molecule has 2 aliphatic rings. The van der Waals surface area contributed by atoms with E-state index in [9.17, 15) is 5.11 Å². The fraction of sp³-hybridized carbons (Fsp3) is 0.538. The second-order valence-electron chi connectivity index (χ2n) is 5.26. The predicted molar refractivity (Wildman–Crippen MR) is 69.4 cm³/mol. The van der Waals surface area contributed by atoms with Crippen LogP contribution < -0.4 is 0 Å². The zero-order valence-electron chi connectivity index (χ0n) is 9.50. The third-order valence-corrected chi connectivity index (χ3v) is 4.33. The number of rotatable bonds is 3. The van der Waals surface area contributed by atoms with Gasteiger partial charge in [-0.2, -0.15) is 0 Å². The predicted octanol–water partition coefficient (Wildman–Crippen LogP) is 2.95. The summed E-state index contributed by atoms with van der Waals surface area (Å²) in [7, 11) is 0. The first-order valence-electron chi connectivity index (χ1n) is 5.95. The summed E-state index contributed by atoms with van der Waals surface area (Å²) in [4.78, 5) is 2.23. The number of likely N-dealkylation sites (tertiary alicyclic amines) is 1. The number of benzene rings is 1. The maximum Gasteiger partial charge on any atom is 0.0928 e. The molecule has 0 spiro atoms. The van der Waals surface area contributed by atoms with Gasteiger partial charge in [-0.1, -0.05) is 29.3 Å². The van der Waals surface area contributed by atoms with E-state index >= 15 is 0 Å². The Morgan fingerprint density at radius 3 is 2.59 bits per heavy atom. The Hall–Kier alpha value is -0.280. The number of β-amino-alcohol motifs (C(OH)–C–C–N with tert-alkyl or cyclic N) is 1. The molecule has 1 heterocycles. The van der Waals surface area contributed by atoms with E-state index in [1.807, 2.05) is 12.1 Å². The smallest absolute Gasteiger partial charge is 0.0928 e. The second-order valence-corrected chi connectivity index (χ2v) is 6.10. The number of hydrogen-bond acceptors (Lipinski definition) is 2. The molecule has 1 N–H and O–H groups in total. The third kappa shape index (κ3) is 2.32. The Bertz CT molecular complexity index is 439. The van der Waals surface area contributed by atoms with E-state index in [0.717, 1.165) is 25.2 Å². The van der Waals surface area contributed by atoms with Gasteiger partial charge in [0.2, 0.25) is 0 Å². The van der Waals surface area contributed by atoms with E-state index in [1.165, 1.54) is 12.8 Å². The Kier molecular flexibility index (Phi) is 2.86. The van der Waals surface area contributed by atoms with Crippen LogP contribution >= 0.6 is 23.2 Å². The monoisotopic (exact) mass is 271 g/mol. The number of aliphatic hydroxyl groups is 1. The quantitative estimate of drug-likeness (QED) is 0.914. The number of hydrogen-bond donors (Lipinski definition) is 1. The number of nitrogens with zero attached hydrogens (tertiary/aromatic N) is 1. The summed E-state index contributed by atoms with van der Waals surface area (Å²) in [5.41, 5.74) is 0.660. The average molecular weight is 272 g/mol. The molecule has 0 unspecified atom stereocenters. The van der Waals surface area contributed by atoms with Crippen LogP contribution in [-0.4, -0.2) is 28.7 Å². The van der Waals surface area contributed by atoms with Crippen LogP contribution in [0.3, 0.4) is 0 Å². The van der Waals surface area contributed by atoms with Crippen molar-refractivity contribution < 1.29 is 5.11 Å². The van der Waals surface area contributed by atoms with Crippen molar-refractivity contribution in [3.63, 3.8) is 0 Å². The molecule has 1 aliphatic carbocycles. The van der Waals surface area contributed by atoms with Gasteiger partial charge in [-0.15, -0.1) is 0 Å². The molecule has 0 atom stereocenters. The van der Waals surface area contributed by atoms with Crippen LogP contribution in [0.5, 0.6) is 0 Å². The van der Waals surface area contributed by atoms with Crippen molar-refractivity contribution in [1.82, 2.24) is 4.90 Å². The summed E-state index contributed by atoms with van der Waals surface area (Å²) in [6, 6.07) is 5.58. The molecular weight excluding hydrogens is 257 g/mol. The molecule has 0 radical (unpaired) electrons. The van der Waals surface area contributed by atoms with E-state index < -0.39 is 5.60 Å². The summed E-state index contributed by atoms with van der Waals surface area (Å²) in [6.45, 7) is 2.35.